The van der Waals surface area contributed by atoms with Gasteiger partial charge in [-0.2, -0.15) is 0 Å². The highest BCUT2D eigenvalue weighted by atomic mass is 14.7. The monoisotopic (exact) mass is 148 g/mol. The van der Waals surface area contributed by atoms with Crippen LogP contribution < -0.4 is 5.73 Å². The van der Waals surface area contributed by atoms with E-state index in [4.69, 9.17) is 5.73 Å². The fourth-order valence-corrected chi connectivity index (χ4v) is 1.64. The van der Waals surface area contributed by atoms with Crippen molar-refractivity contribution in [3.8, 4) is 0 Å². The van der Waals surface area contributed by atoms with Crippen LogP contribution in [0.3, 0.4) is 0 Å². The maximum absolute atomic E-state index is 5.86. The van der Waals surface area contributed by atoms with E-state index in [0.717, 1.165) is 18.5 Å². The molecule has 1 unspecified atom stereocenters. The van der Waals surface area contributed by atoms with E-state index in [-0.39, 0.29) is 6.04 Å². The molecule has 1 aliphatic rings. The standard InChI is InChI=1S/C9H12N2/c1-6-4-7-2-3-9(10)8(7)5-11-6/h4-5,9H,2-3,10H2,1H3. The largest absolute Gasteiger partial charge is 0.324 e. The molecular weight excluding hydrogens is 136 g/mol. The highest BCUT2D eigenvalue weighted by molar-refractivity contribution is 5.33. The lowest BCUT2D eigenvalue weighted by Crippen LogP contribution is -2.05. The van der Waals surface area contributed by atoms with Crippen LogP contribution in [0.2, 0.25) is 0 Å². The van der Waals surface area contributed by atoms with Crippen molar-refractivity contribution in [2.75, 3.05) is 0 Å². The fraction of sp³-hybridized carbons (Fsp3) is 0.444. The van der Waals surface area contributed by atoms with Gasteiger partial charge in [-0.1, -0.05) is 0 Å². The van der Waals surface area contributed by atoms with E-state index < -0.39 is 0 Å². The molecule has 11 heavy (non-hydrogen) atoms. The molecular formula is C9H12N2. The Balaban J connectivity index is 2.50. The number of fused-ring (bicyclic) bond motifs is 1. The van der Waals surface area contributed by atoms with Gasteiger partial charge in [-0.3, -0.25) is 4.98 Å². The molecule has 0 amide bonds. The summed E-state index contributed by atoms with van der Waals surface area (Å²) in [5.41, 5.74) is 9.59. The molecule has 0 radical (unpaired) electrons. The molecule has 0 bridgehead atoms. The lowest BCUT2D eigenvalue weighted by Gasteiger charge is -2.03. The van der Waals surface area contributed by atoms with Crippen molar-refractivity contribution in [2.24, 2.45) is 5.73 Å². The van der Waals surface area contributed by atoms with Crippen LogP contribution in [0.15, 0.2) is 12.3 Å². The van der Waals surface area contributed by atoms with Gasteiger partial charge >= 0.3 is 0 Å². The Labute approximate surface area is 66.4 Å². The number of rotatable bonds is 0. The van der Waals surface area contributed by atoms with Crippen molar-refractivity contribution >= 4 is 0 Å². The normalized spacial score (nSPS) is 21.8. The Morgan fingerprint density at radius 1 is 1.64 bits per heavy atom. The minimum Gasteiger partial charge on any atom is -0.324 e. The first-order valence-corrected chi connectivity index (χ1v) is 3.98. The number of hydrogen-bond acceptors (Lipinski definition) is 2. The number of nitrogens with zero attached hydrogens (tertiary/aromatic N) is 1. The minimum absolute atomic E-state index is 0.234. The minimum atomic E-state index is 0.234. The van der Waals surface area contributed by atoms with E-state index in [1.54, 1.807) is 0 Å². The first-order valence-electron chi connectivity index (χ1n) is 3.98. The van der Waals surface area contributed by atoms with E-state index in [1.165, 1.54) is 11.1 Å². The zero-order valence-corrected chi connectivity index (χ0v) is 6.67. The first-order chi connectivity index (χ1) is 5.27. The van der Waals surface area contributed by atoms with Gasteiger partial charge < -0.3 is 5.73 Å². The number of hydrogen-bond donors (Lipinski definition) is 1. The van der Waals surface area contributed by atoms with Gasteiger partial charge in [-0.05, 0) is 37.0 Å². The average Bonchev–Trinajstić information content (AvgIpc) is 2.32. The summed E-state index contributed by atoms with van der Waals surface area (Å²) in [5, 5.41) is 0. The quantitative estimate of drug-likeness (QED) is 0.603. The van der Waals surface area contributed by atoms with Gasteiger partial charge in [0.1, 0.15) is 0 Å². The Morgan fingerprint density at radius 2 is 2.45 bits per heavy atom. The highest BCUT2D eigenvalue weighted by Gasteiger charge is 2.18. The molecule has 1 aromatic rings. The van der Waals surface area contributed by atoms with Crippen LogP contribution in [0.1, 0.15) is 29.3 Å². The molecule has 2 rings (SSSR count). The summed E-state index contributed by atoms with van der Waals surface area (Å²) in [5.74, 6) is 0. The van der Waals surface area contributed by atoms with Gasteiger partial charge in [-0.15, -0.1) is 0 Å². The Kier molecular flexibility index (Phi) is 1.43. The first kappa shape index (κ1) is 6.80. The molecule has 2 heteroatoms. The van der Waals surface area contributed by atoms with Crippen molar-refractivity contribution in [3.05, 3.63) is 29.1 Å². The van der Waals surface area contributed by atoms with Gasteiger partial charge in [0.2, 0.25) is 0 Å². The predicted octanol–water partition coefficient (Wildman–Crippen LogP) is 1.34. The third kappa shape index (κ3) is 1.03. The molecule has 1 aliphatic carbocycles. The molecule has 2 nitrogen and oxygen atoms in total. The SMILES string of the molecule is Cc1cc2c(cn1)C(N)CC2. The number of aromatic nitrogens is 1. The number of nitrogens with two attached hydrogens (primary N) is 1. The Hall–Kier alpha value is -0.890. The molecule has 0 saturated heterocycles. The van der Waals surface area contributed by atoms with Gasteiger partial charge in [0.15, 0.2) is 0 Å². The van der Waals surface area contributed by atoms with Crippen LogP contribution in [-0.4, -0.2) is 4.98 Å². The molecule has 0 aliphatic heterocycles. The fourth-order valence-electron chi connectivity index (χ4n) is 1.64. The van der Waals surface area contributed by atoms with E-state index in [9.17, 15) is 0 Å². The van der Waals surface area contributed by atoms with Crippen LogP contribution >= 0.6 is 0 Å². The summed E-state index contributed by atoms with van der Waals surface area (Å²) in [6.07, 6.45) is 4.13. The van der Waals surface area contributed by atoms with E-state index in [2.05, 4.69) is 11.1 Å². The van der Waals surface area contributed by atoms with Crippen LogP contribution in [0.25, 0.3) is 0 Å². The van der Waals surface area contributed by atoms with Gasteiger partial charge in [0.25, 0.3) is 0 Å². The summed E-state index contributed by atoms with van der Waals surface area (Å²) < 4.78 is 0. The maximum atomic E-state index is 5.86. The average molecular weight is 148 g/mol. The molecule has 1 atom stereocenters. The van der Waals surface area contributed by atoms with E-state index in [0.29, 0.717) is 0 Å². The lowest BCUT2D eigenvalue weighted by atomic mass is 10.1. The highest BCUT2D eigenvalue weighted by Crippen LogP contribution is 2.28. The van der Waals surface area contributed by atoms with Gasteiger partial charge in [0.05, 0.1) is 0 Å². The number of pyridine rings is 1. The summed E-state index contributed by atoms with van der Waals surface area (Å²) in [4.78, 5) is 4.22. The zero-order chi connectivity index (χ0) is 7.84. The van der Waals surface area contributed by atoms with Crippen LogP contribution in [0.5, 0.6) is 0 Å². The molecule has 2 N–H and O–H groups in total. The second kappa shape index (κ2) is 2.31. The van der Waals surface area contributed by atoms with Crippen molar-refractivity contribution in [1.29, 1.82) is 0 Å². The molecule has 0 saturated carbocycles. The van der Waals surface area contributed by atoms with Crippen molar-refractivity contribution in [3.63, 3.8) is 0 Å². The van der Waals surface area contributed by atoms with Crippen molar-refractivity contribution in [2.45, 2.75) is 25.8 Å². The molecule has 0 aromatic carbocycles. The van der Waals surface area contributed by atoms with Crippen molar-refractivity contribution < 1.29 is 0 Å². The van der Waals surface area contributed by atoms with E-state index >= 15 is 0 Å². The lowest BCUT2D eigenvalue weighted by molar-refractivity contribution is 0.712. The molecule has 58 valence electrons. The molecule has 0 fully saturated rings. The van der Waals surface area contributed by atoms with E-state index in [1.807, 2.05) is 13.1 Å². The second-order valence-corrected chi connectivity index (χ2v) is 3.17. The van der Waals surface area contributed by atoms with Crippen molar-refractivity contribution in [1.82, 2.24) is 4.98 Å². The Morgan fingerprint density at radius 3 is 3.27 bits per heavy atom. The van der Waals surface area contributed by atoms with Gasteiger partial charge in [-0.25, -0.2) is 0 Å². The summed E-state index contributed by atoms with van der Waals surface area (Å²) in [6, 6.07) is 2.38. The Bertz CT molecular complexity index is 281. The summed E-state index contributed by atoms with van der Waals surface area (Å²) >= 11 is 0. The summed E-state index contributed by atoms with van der Waals surface area (Å²) in [6.45, 7) is 2.02. The smallest absolute Gasteiger partial charge is 0.0375 e. The van der Waals surface area contributed by atoms with Crippen LogP contribution in [-0.2, 0) is 6.42 Å². The molecule has 1 aromatic heterocycles. The van der Waals surface area contributed by atoms with Crippen LogP contribution in [0.4, 0.5) is 0 Å². The van der Waals surface area contributed by atoms with Crippen LogP contribution in [0, 0.1) is 6.92 Å². The topological polar surface area (TPSA) is 38.9 Å². The third-order valence-corrected chi connectivity index (χ3v) is 2.29. The summed E-state index contributed by atoms with van der Waals surface area (Å²) in [7, 11) is 0. The predicted molar refractivity (Wildman–Crippen MR) is 44.2 cm³/mol. The zero-order valence-electron chi connectivity index (χ0n) is 6.67. The number of aryl methyl sites for hydroxylation is 2. The van der Waals surface area contributed by atoms with Gasteiger partial charge in [0, 0.05) is 17.9 Å². The second-order valence-electron chi connectivity index (χ2n) is 3.17. The third-order valence-electron chi connectivity index (χ3n) is 2.29. The molecule has 1 heterocycles. The maximum Gasteiger partial charge on any atom is 0.0375 e. The molecule has 0 spiro atoms.